The highest BCUT2D eigenvalue weighted by molar-refractivity contribution is 5.97. The molecule has 0 bridgehead atoms. The number of amides is 1. The van der Waals surface area contributed by atoms with Crippen molar-refractivity contribution in [1.29, 1.82) is 0 Å². The second kappa shape index (κ2) is 5.98. The van der Waals surface area contributed by atoms with Crippen LogP contribution in [0.5, 0.6) is 5.75 Å². The highest BCUT2D eigenvalue weighted by Gasteiger charge is 2.33. The molecule has 0 saturated carbocycles. The molecule has 0 fully saturated rings. The van der Waals surface area contributed by atoms with Gasteiger partial charge in [0.05, 0.1) is 5.69 Å². The highest BCUT2D eigenvalue weighted by Crippen LogP contribution is 2.34. The second-order valence-electron chi connectivity index (χ2n) is 5.17. The van der Waals surface area contributed by atoms with E-state index in [0.29, 0.717) is 0 Å². The summed E-state index contributed by atoms with van der Waals surface area (Å²) in [4.78, 5) is 37.2. The molecule has 1 aliphatic rings. The molecule has 0 spiro atoms. The van der Waals surface area contributed by atoms with Gasteiger partial charge in [0.15, 0.2) is 12.4 Å². The van der Waals surface area contributed by atoms with Gasteiger partial charge in [0.1, 0.15) is 17.1 Å². The average molecular weight is 374 g/mol. The maximum absolute atomic E-state index is 14.3. The molecular formula is C14H10F4N4O4. The Morgan fingerprint density at radius 3 is 2.42 bits per heavy atom. The Bertz CT molecular complexity index is 980. The molecule has 0 unspecified atom stereocenters. The van der Waals surface area contributed by atoms with Crippen LogP contribution in [0.2, 0.25) is 0 Å². The van der Waals surface area contributed by atoms with Gasteiger partial charge in [0.25, 0.3) is 11.5 Å². The second-order valence-corrected chi connectivity index (χ2v) is 5.17. The van der Waals surface area contributed by atoms with Gasteiger partial charge in [-0.3, -0.25) is 9.59 Å². The quantitative estimate of drug-likeness (QED) is 0.749. The molecule has 138 valence electrons. The predicted octanol–water partition coefficient (Wildman–Crippen LogP) is 0.544. The maximum atomic E-state index is 14.3. The fourth-order valence-corrected chi connectivity index (χ4v) is 2.45. The SMILES string of the molecule is CNN1C(=O)COc2cc(F)c(-n3c(=O)cc(C(F)(F)F)[nH]c3=O)cc21. The number of ether oxygens (including phenoxy) is 1. The zero-order valence-electron chi connectivity index (χ0n) is 13.0. The molecule has 0 saturated heterocycles. The zero-order valence-corrected chi connectivity index (χ0v) is 13.0. The number of benzene rings is 1. The standard InChI is InChI=1S/C14H10F4N4O4/c1-19-22-8-3-7(6(15)2-9(8)26-5-12(22)24)21-11(23)4-10(14(16,17)18)20-13(21)25/h2-4,19H,5H2,1H3,(H,20,25). The molecule has 12 heteroatoms. The van der Waals surface area contributed by atoms with Crippen molar-refractivity contribution in [3.63, 3.8) is 0 Å². The summed E-state index contributed by atoms with van der Waals surface area (Å²) in [5.41, 5.74) is -2.55. The van der Waals surface area contributed by atoms with Crippen molar-refractivity contribution in [2.24, 2.45) is 0 Å². The minimum absolute atomic E-state index is 0.00801. The Kier molecular flexibility index (Phi) is 4.06. The van der Waals surface area contributed by atoms with Gasteiger partial charge in [-0.25, -0.2) is 24.2 Å². The Hall–Kier alpha value is -3.15. The first kappa shape index (κ1) is 17.7. The molecule has 8 nitrogen and oxygen atoms in total. The molecule has 0 radical (unpaired) electrons. The Labute approximate surface area is 141 Å². The van der Waals surface area contributed by atoms with E-state index in [1.165, 1.54) is 12.0 Å². The number of alkyl halides is 3. The lowest BCUT2D eigenvalue weighted by Crippen LogP contribution is -2.46. The van der Waals surface area contributed by atoms with Crippen LogP contribution < -0.4 is 26.4 Å². The van der Waals surface area contributed by atoms with Crippen LogP contribution >= 0.6 is 0 Å². The van der Waals surface area contributed by atoms with Crippen molar-refractivity contribution in [2.45, 2.75) is 6.18 Å². The van der Waals surface area contributed by atoms with Crippen LogP contribution in [-0.4, -0.2) is 29.1 Å². The number of fused-ring (bicyclic) bond motifs is 1. The zero-order chi connectivity index (χ0) is 19.2. The number of nitrogens with zero attached hydrogens (tertiary/aromatic N) is 2. The number of nitrogens with one attached hydrogen (secondary N) is 2. The van der Waals surface area contributed by atoms with E-state index in [1.807, 2.05) is 0 Å². The summed E-state index contributed by atoms with van der Waals surface area (Å²) >= 11 is 0. The largest absolute Gasteiger partial charge is 0.481 e. The first-order chi connectivity index (χ1) is 12.1. The number of aromatic nitrogens is 2. The minimum Gasteiger partial charge on any atom is -0.481 e. The average Bonchev–Trinajstić information content (AvgIpc) is 2.54. The monoisotopic (exact) mass is 374 g/mol. The molecular weight excluding hydrogens is 364 g/mol. The lowest BCUT2D eigenvalue weighted by Gasteiger charge is -2.28. The van der Waals surface area contributed by atoms with Crippen LogP contribution in [0.3, 0.4) is 0 Å². The lowest BCUT2D eigenvalue weighted by molar-refractivity contribution is -0.141. The van der Waals surface area contributed by atoms with Gasteiger partial charge in [0.2, 0.25) is 0 Å². The molecule has 1 aromatic heterocycles. The third kappa shape index (κ3) is 2.83. The van der Waals surface area contributed by atoms with E-state index in [4.69, 9.17) is 4.74 Å². The molecule has 1 aliphatic heterocycles. The number of halogens is 4. The van der Waals surface area contributed by atoms with E-state index in [0.717, 1.165) is 17.1 Å². The van der Waals surface area contributed by atoms with Crippen molar-refractivity contribution in [3.05, 3.63) is 50.5 Å². The Balaban J connectivity index is 2.23. The number of hydrogen-bond acceptors (Lipinski definition) is 5. The summed E-state index contributed by atoms with van der Waals surface area (Å²) < 4.78 is 57.6. The van der Waals surface area contributed by atoms with Gasteiger partial charge in [0, 0.05) is 19.2 Å². The fourth-order valence-electron chi connectivity index (χ4n) is 2.45. The number of anilines is 1. The first-order valence-corrected chi connectivity index (χ1v) is 7.04. The van der Waals surface area contributed by atoms with Crippen molar-refractivity contribution in [1.82, 2.24) is 15.0 Å². The predicted molar refractivity (Wildman–Crippen MR) is 79.7 cm³/mol. The maximum Gasteiger partial charge on any atom is 0.431 e. The smallest absolute Gasteiger partial charge is 0.431 e. The van der Waals surface area contributed by atoms with E-state index >= 15 is 0 Å². The summed E-state index contributed by atoms with van der Waals surface area (Å²) in [6.07, 6.45) is -4.95. The third-order valence-electron chi connectivity index (χ3n) is 3.57. The van der Waals surface area contributed by atoms with E-state index in [-0.39, 0.29) is 28.7 Å². The van der Waals surface area contributed by atoms with Crippen molar-refractivity contribution in [2.75, 3.05) is 18.7 Å². The number of carbonyl (C=O) groups excluding carboxylic acids is 1. The number of hydrogen-bond donors (Lipinski definition) is 2. The topological polar surface area (TPSA) is 96.4 Å². The van der Waals surface area contributed by atoms with Crippen LogP contribution in [0.1, 0.15) is 5.69 Å². The number of rotatable bonds is 2. The molecule has 0 atom stereocenters. The van der Waals surface area contributed by atoms with E-state index in [2.05, 4.69) is 5.43 Å². The van der Waals surface area contributed by atoms with Crippen LogP contribution in [-0.2, 0) is 11.0 Å². The molecule has 1 aromatic carbocycles. The number of hydrazine groups is 1. The normalized spacial score (nSPS) is 14.2. The third-order valence-corrected chi connectivity index (χ3v) is 3.57. The van der Waals surface area contributed by atoms with Crippen molar-refractivity contribution < 1.29 is 27.1 Å². The molecule has 2 aromatic rings. The molecule has 26 heavy (non-hydrogen) atoms. The molecule has 0 aliphatic carbocycles. The van der Waals surface area contributed by atoms with Gasteiger partial charge in [-0.2, -0.15) is 13.2 Å². The van der Waals surface area contributed by atoms with Crippen molar-refractivity contribution >= 4 is 11.6 Å². The van der Waals surface area contributed by atoms with Crippen LogP contribution in [0.25, 0.3) is 5.69 Å². The molecule has 1 amide bonds. The summed E-state index contributed by atoms with van der Waals surface area (Å²) in [6.45, 7) is -0.368. The Morgan fingerprint density at radius 1 is 1.15 bits per heavy atom. The lowest BCUT2D eigenvalue weighted by atomic mass is 10.2. The molecule has 2 heterocycles. The van der Waals surface area contributed by atoms with Crippen molar-refractivity contribution in [3.8, 4) is 11.4 Å². The van der Waals surface area contributed by atoms with E-state index in [1.54, 1.807) is 0 Å². The summed E-state index contributed by atoms with van der Waals surface area (Å²) in [7, 11) is 1.40. The minimum atomic E-state index is -4.95. The van der Waals surface area contributed by atoms with Gasteiger partial charge < -0.3 is 9.72 Å². The number of aromatic amines is 1. The summed E-state index contributed by atoms with van der Waals surface area (Å²) in [6, 6.07) is 1.91. The summed E-state index contributed by atoms with van der Waals surface area (Å²) in [5, 5.41) is 0.991. The number of H-pyrrole nitrogens is 1. The van der Waals surface area contributed by atoms with Crippen LogP contribution in [0.15, 0.2) is 27.8 Å². The van der Waals surface area contributed by atoms with Crippen LogP contribution in [0, 0.1) is 5.82 Å². The summed E-state index contributed by atoms with van der Waals surface area (Å²) in [5.74, 6) is -1.68. The Morgan fingerprint density at radius 2 is 1.85 bits per heavy atom. The van der Waals surface area contributed by atoms with E-state index in [9.17, 15) is 31.9 Å². The van der Waals surface area contributed by atoms with Gasteiger partial charge in [-0.05, 0) is 6.07 Å². The first-order valence-electron chi connectivity index (χ1n) is 7.04. The van der Waals surface area contributed by atoms with Crippen LogP contribution in [0.4, 0.5) is 23.2 Å². The molecule has 2 N–H and O–H groups in total. The molecule has 3 rings (SSSR count). The van der Waals surface area contributed by atoms with Gasteiger partial charge >= 0.3 is 11.9 Å². The fraction of sp³-hybridized carbons (Fsp3) is 0.214. The number of carbonyl (C=O) groups is 1. The van der Waals surface area contributed by atoms with Gasteiger partial charge in [-0.1, -0.05) is 0 Å². The highest BCUT2D eigenvalue weighted by atomic mass is 19.4. The van der Waals surface area contributed by atoms with E-state index < -0.39 is 40.5 Å². The van der Waals surface area contributed by atoms with Gasteiger partial charge in [-0.15, -0.1) is 0 Å².